The number of thioether (sulfide) groups is 4. The molecule has 2 aliphatic heterocycles. The lowest BCUT2D eigenvalue weighted by Gasteiger charge is -2.08. The van der Waals surface area contributed by atoms with Gasteiger partial charge in [-0.1, -0.05) is 124 Å². The van der Waals surface area contributed by atoms with Crippen molar-refractivity contribution in [2.24, 2.45) is 0 Å². The van der Waals surface area contributed by atoms with E-state index < -0.39 is 0 Å². The molecule has 0 N–H and O–H groups in total. The van der Waals surface area contributed by atoms with Gasteiger partial charge in [0.25, 0.3) is 0 Å². The Morgan fingerprint density at radius 2 is 0.796 bits per heavy atom. The lowest BCUT2D eigenvalue weighted by Crippen LogP contribution is -1.92. The Morgan fingerprint density at radius 1 is 0.444 bits per heavy atom. The molecule has 0 spiro atoms. The summed E-state index contributed by atoms with van der Waals surface area (Å²) in [6, 6.07) is 40.8. The van der Waals surface area contributed by atoms with Crippen molar-refractivity contribution in [2.45, 2.75) is 74.4 Å². The van der Waals surface area contributed by atoms with Gasteiger partial charge in [0.15, 0.2) is 0 Å². The third kappa shape index (κ3) is 8.94. The van der Waals surface area contributed by atoms with E-state index in [0.717, 1.165) is 83.8 Å². The van der Waals surface area contributed by atoms with Crippen molar-refractivity contribution < 1.29 is 8.83 Å². The van der Waals surface area contributed by atoms with Gasteiger partial charge in [-0.25, -0.2) is 0 Å². The highest BCUT2D eigenvalue weighted by Crippen LogP contribution is 2.47. The van der Waals surface area contributed by atoms with Crippen LogP contribution >= 0.6 is 47.0 Å². The van der Waals surface area contributed by atoms with E-state index in [1.54, 1.807) is 0 Å². The molecule has 278 valence electrons. The molecule has 0 saturated carbocycles. The van der Waals surface area contributed by atoms with E-state index in [1.165, 1.54) is 69.2 Å². The average molecular weight is 787 g/mol. The van der Waals surface area contributed by atoms with Gasteiger partial charge in [-0.05, 0) is 84.0 Å². The number of hydrogen-bond acceptors (Lipinski definition) is 6. The molecular formula is C48H50O2S4. The van der Waals surface area contributed by atoms with Gasteiger partial charge in [-0.15, -0.1) is 47.0 Å². The van der Waals surface area contributed by atoms with Crippen LogP contribution in [0.15, 0.2) is 118 Å². The van der Waals surface area contributed by atoms with Gasteiger partial charge in [0.1, 0.15) is 23.0 Å². The summed E-state index contributed by atoms with van der Waals surface area (Å²) in [7, 11) is 0. The molecule has 0 unspecified atom stereocenters. The zero-order valence-corrected chi connectivity index (χ0v) is 34.7. The molecule has 4 heterocycles. The normalized spacial score (nSPS) is 15.1. The summed E-state index contributed by atoms with van der Waals surface area (Å²) in [5.41, 5.74) is 12.8. The van der Waals surface area contributed by atoms with E-state index in [9.17, 15) is 0 Å². The zero-order valence-electron chi connectivity index (χ0n) is 31.5. The van der Waals surface area contributed by atoms with Gasteiger partial charge >= 0.3 is 0 Å². The summed E-state index contributed by atoms with van der Waals surface area (Å²) in [6.07, 6.45) is 8.71. The predicted molar refractivity (Wildman–Crippen MR) is 239 cm³/mol. The molecule has 8 rings (SSSR count). The second-order valence-electron chi connectivity index (χ2n) is 14.4. The molecule has 2 aliphatic rings. The Morgan fingerprint density at radius 3 is 1.15 bits per heavy atom. The van der Waals surface area contributed by atoms with Crippen LogP contribution in [-0.4, -0.2) is 23.0 Å². The van der Waals surface area contributed by atoms with E-state index in [4.69, 9.17) is 8.83 Å². The van der Waals surface area contributed by atoms with E-state index >= 15 is 0 Å². The topological polar surface area (TPSA) is 26.3 Å². The highest BCUT2D eigenvalue weighted by atomic mass is 32.2. The molecule has 2 aromatic heterocycles. The van der Waals surface area contributed by atoms with Crippen molar-refractivity contribution in [3.8, 4) is 45.3 Å². The van der Waals surface area contributed by atoms with E-state index in [0.29, 0.717) is 9.16 Å². The number of benzene rings is 4. The van der Waals surface area contributed by atoms with Crippen LogP contribution in [0.25, 0.3) is 45.3 Å². The lowest BCUT2D eigenvalue weighted by molar-refractivity contribution is 0.592. The molecular weight excluding hydrogens is 737 g/mol. The van der Waals surface area contributed by atoms with Crippen LogP contribution in [0.4, 0.5) is 0 Å². The minimum absolute atomic E-state index is 0.566. The molecule has 4 aromatic carbocycles. The van der Waals surface area contributed by atoms with Gasteiger partial charge < -0.3 is 8.83 Å². The van der Waals surface area contributed by atoms with Gasteiger partial charge in [-0.2, -0.15) is 0 Å². The summed E-state index contributed by atoms with van der Waals surface area (Å²) in [5, 5.41) is 0. The van der Waals surface area contributed by atoms with E-state index in [-0.39, 0.29) is 0 Å². The third-order valence-electron chi connectivity index (χ3n) is 10.5. The molecule has 0 aliphatic carbocycles. The first-order valence-corrected chi connectivity index (χ1v) is 24.0. The summed E-state index contributed by atoms with van der Waals surface area (Å²) in [6.45, 7) is 4.52. The van der Waals surface area contributed by atoms with Crippen LogP contribution in [0, 0.1) is 0 Å². The Hall–Kier alpha value is -3.16. The monoisotopic (exact) mass is 786 g/mol. The van der Waals surface area contributed by atoms with Crippen LogP contribution in [-0.2, 0) is 25.7 Å². The Kier molecular flexibility index (Phi) is 12.7. The molecule has 0 radical (unpaired) electrons. The second kappa shape index (κ2) is 18.2. The maximum absolute atomic E-state index is 6.63. The van der Waals surface area contributed by atoms with Crippen molar-refractivity contribution in [2.75, 3.05) is 23.0 Å². The maximum atomic E-state index is 6.63. The Labute approximate surface area is 339 Å². The van der Waals surface area contributed by atoms with Crippen molar-refractivity contribution in [1.82, 2.24) is 0 Å². The van der Waals surface area contributed by atoms with Gasteiger partial charge in [0, 0.05) is 45.3 Å². The molecule has 0 amide bonds. The molecule has 2 nitrogen and oxygen atoms in total. The minimum Gasteiger partial charge on any atom is -0.456 e. The summed E-state index contributed by atoms with van der Waals surface area (Å²) in [4.78, 5) is 0. The molecule has 6 aromatic rings. The largest absolute Gasteiger partial charge is 0.456 e. The van der Waals surface area contributed by atoms with Crippen molar-refractivity contribution in [3.05, 3.63) is 143 Å². The van der Waals surface area contributed by atoms with Gasteiger partial charge in [-0.3, -0.25) is 0 Å². The fourth-order valence-corrected chi connectivity index (χ4v) is 13.1. The van der Waals surface area contributed by atoms with Crippen LogP contribution in [0.1, 0.15) is 82.1 Å². The second-order valence-corrected chi connectivity index (χ2v) is 19.9. The maximum Gasteiger partial charge on any atom is 0.137 e. The van der Waals surface area contributed by atoms with Crippen molar-refractivity contribution >= 4 is 47.0 Å². The number of aryl methyl sites for hydroxylation is 4. The summed E-state index contributed by atoms with van der Waals surface area (Å²) >= 11 is 8.21. The fraction of sp³-hybridized carbons (Fsp3) is 0.333. The number of rotatable bonds is 15. The van der Waals surface area contributed by atoms with E-state index in [2.05, 4.69) is 170 Å². The quantitative estimate of drug-likeness (QED) is 0.103. The lowest BCUT2D eigenvalue weighted by atomic mass is 9.98. The van der Waals surface area contributed by atoms with Gasteiger partial charge in [0.2, 0.25) is 0 Å². The first-order valence-electron chi connectivity index (χ1n) is 19.8. The summed E-state index contributed by atoms with van der Waals surface area (Å²) in [5.74, 6) is 8.95. The Balaban J connectivity index is 0.932. The average Bonchev–Trinajstić information content (AvgIpc) is 4.07. The molecule has 0 atom stereocenters. The van der Waals surface area contributed by atoms with Crippen LogP contribution in [0.2, 0.25) is 0 Å². The first-order chi connectivity index (χ1) is 26.6. The van der Waals surface area contributed by atoms with Crippen LogP contribution in [0.5, 0.6) is 0 Å². The van der Waals surface area contributed by atoms with Crippen molar-refractivity contribution in [1.29, 1.82) is 0 Å². The molecule has 2 saturated heterocycles. The first kappa shape index (κ1) is 37.7. The number of unbranched alkanes of at least 4 members (excludes halogenated alkanes) is 2. The standard InChI is InChI=1S/C48H50O2S4/c1-3-5-7-41-31-43(35-19-23-39(24-20-35)47-51-27-28-52-47)49-45(41)37-15-11-33(12-16-37)9-10-34-13-17-38(18-14-34)46-42(8-6-4-2)32-44(50-46)36-21-25-40(26-22-36)48-53-29-30-54-48/h11-26,31-32,47-48H,3-10,27-30H2,1-2H3. The highest BCUT2D eigenvalue weighted by molar-refractivity contribution is 8.19. The molecule has 0 bridgehead atoms. The van der Waals surface area contributed by atoms with Crippen molar-refractivity contribution in [3.63, 3.8) is 0 Å². The highest BCUT2D eigenvalue weighted by Gasteiger charge is 2.21. The van der Waals surface area contributed by atoms with Crippen LogP contribution in [0.3, 0.4) is 0 Å². The summed E-state index contributed by atoms with van der Waals surface area (Å²) < 4.78 is 14.4. The smallest absolute Gasteiger partial charge is 0.137 e. The molecule has 54 heavy (non-hydrogen) atoms. The minimum atomic E-state index is 0.566. The van der Waals surface area contributed by atoms with E-state index in [1.807, 2.05) is 0 Å². The van der Waals surface area contributed by atoms with Crippen LogP contribution < -0.4 is 0 Å². The zero-order chi connectivity index (χ0) is 36.7. The molecule has 2 fully saturated rings. The fourth-order valence-electron chi connectivity index (χ4n) is 7.38. The number of furan rings is 2. The Bertz CT molecular complexity index is 1930. The van der Waals surface area contributed by atoms with Gasteiger partial charge in [0.05, 0.1) is 9.16 Å². The SMILES string of the molecule is CCCCc1cc(-c2ccc(C3SCCS3)cc2)oc1-c1ccc(CCc2ccc(-c3oc(-c4ccc(C5SCCS5)cc4)cc3CCCC)cc2)cc1. The molecule has 6 heteroatoms. The number of hydrogen-bond donors (Lipinski definition) is 0. The predicted octanol–water partition coefficient (Wildman–Crippen LogP) is 15.0. The third-order valence-corrected chi connectivity index (χ3v) is 16.7.